The number of hydrogen-bond acceptors (Lipinski definition) is 2. The Bertz CT molecular complexity index is 882. The molecule has 25 heavy (non-hydrogen) atoms. The normalized spacial score (nSPS) is 19.3. The van der Waals surface area contributed by atoms with Crippen molar-refractivity contribution in [3.63, 3.8) is 0 Å². The second kappa shape index (κ2) is 6.07. The molecule has 5 heteroatoms. The highest BCUT2D eigenvalue weighted by Crippen LogP contribution is 2.63. The molecule has 1 atom stereocenters. The zero-order valence-corrected chi connectivity index (χ0v) is 14.7. The highest BCUT2D eigenvalue weighted by molar-refractivity contribution is 7.79. The van der Waals surface area contributed by atoms with E-state index in [1.165, 1.54) is 31.1 Å². The number of benzene rings is 2. The fourth-order valence-corrected chi connectivity index (χ4v) is 4.10. The van der Waals surface area contributed by atoms with Gasteiger partial charge in [0.1, 0.15) is 0 Å². The number of methoxy groups -OCH3 is 1. The van der Waals surface area contributed by atoms with Gasteiger partial charge < -0.3 is 9.29 Å². The summed E-state index contributed by atoms with van der Waals surface area (Å²) in [7, 11) is 1.46. The maximum absolute atomic E-state index is 14.2. The fraction of sp³-hybridized carbons (Fsp3) is 0.300. The quantitative estimate of drug-likeness (QED) is 0.791. The molecule has 0 saturated heterocycles. The van der Waals surface area contributed by atoms with Gasteiger partial charge in [-0.3, -0.25) is 0 Å². The summed E-state index contributed by atoms with van der Waals surface area (Å²) in [6.45, 7) is 0. The molecular weight excluding hydrogens is 339 g/mol. The topological polar surface area (TPSA) is 46.5 Å². The van der Waals surface area contributed by atoms with Crippen molar-refractivity contribution in [3.8, 4) is 5.75 Å². The average molecular weight is 358 g/mol. The largest absolute Gasteiger partial charge is 0.494 e. The first kappa shape index (κ1) is 16.5. The van der Waals surface area contributed by atoms with Crippen LogP contribution in [-0.2, 0) is 11.1 Å². The summed E-state index contributed by atoms with van der Waals surface area (Å²) in [6, 6.07) is 12.3. The van der Waals surface area contributed by atoms with Gasteiger partial charge in [-0.2, -0.15) is 0 Å². The zero-order chi connectivity index (χ0) is 17.6. The van der Waals surface area contributed by atoms with Crippen LogP contribution in [0.3, 0.4) is 0 Å². The maximum atomic E-state index is 14.2. The van der Waals surface area contributed by atoms with Gasteiger partial charge in [0.2, 0.25) is 0 Å². The highest BCUT2D eigenvalue weighted by Gasteiger charge is 2.48. The molecule has 1 spiro atoms. The van der Waals surface area contributed by atoms with Crippen molar-refractivity contribution in [1.82, 2.24) is 0 Å². The minimum Gasteiger partial charge on any atom is -0.494 e. The minimum atomic E-state index is -1.97. The molecule has 2 aromatic rings. The second-order valence-electron chi connectivity index (χ2n) is 6.93. The molecule has 130 valence electrons. The van der Waals surface area contributed by atoms with E-state index in [0.717, 1.165) is 24.0 Å². The molecule has 2 aromatic carbocycles. The molecule has 2 aliphatic rings. The number of rotatable bonds is 4. The molecule has 3 nitrogen and oxygen atoms in total. The lowest BCUT2D eigenvalue weighted by Crippen LogP contribution is -1.93. The van der Waals surface area contributed by atoms with E-state index < -0.39 is 11.1 Å². The molecule has 0 bridgehead atoms. The molecule has 1 saturated carbocycles. The summed E-state index contributed by atoms with van der Waals surface area (Å²) in [5, 5.41) is 0. The van der Waals surface area contributed by atoms with Gasteiger partial charge in [-0.25, -0.2) is 8.60 Å². The van der Waals surface area contributed by atoms with Crippen molar-refractivity contribution in [1.29, 1.82) is 0 Å². The Balaban J connectivity index is 1.77. The lowest BCUT2D eigenvalue weighted by Gasteiger charge is -2.10. The summed E-state index contributed by atoms with van der Waals surface area (Å²) in [4.78, 5) is 0.389. The Morgan fingerprint density at radius 2 is 1.64 bits per heavy atom. The lowest BCUT2D eigenvalue weighted by molar-refractivity contribution is 0.386. The van der Waals surface area contributed by atoms with E-state index in [1.807, 2.05) is 18.2 Å². The van der Waals surface area contributed by atoms with E-state index in [4.69, 9.17) is 4.74 Å². The van der Waals surface area contributed by atoms with Crippen LogP contribution in [-0.4, -0.2) is 15.9 Å². The number of allylic oxidation sites excluding steroid dienone is 2. The van der Waals surface area contributed by atoms with Crippen LogP contribution in [0.5, 0.6) is 5.75 Å². The van der Waals surface area contributed by atoms with E-state index in [2.05, 4.69) is 0 Å². The number of ether oxygens (including phenoxy) is 1. The summed E-state index contributed by atoms with van der Waals surface area (Å²) < 4.78 is 39.6. The fourth-order valence-electron chi connectivity index (χ4n) is 3.74. The van der Waals surface area contributed by atoms with Crippen LogP contribution >= 0.6 is 0 Å². The second-order valence-corrected chi connectivity index (χ2v) is 7.90. The minimum absolute atomic E-state index is 0.250. The van der Waals surface area contributed by atoms with Crippen molar-refractivity contribution in [2.45, 2.75) is 30.6 Å². The molecule has 4 rings (SSSR count). The van der Waals surface area contributed by atoms with E-state index in [9.17, 15) is 13.2 Å². The maximum Gasteiger partial charge on any atom is 0.186 e. The van der Waals surface area contributed by atoms with E-state index in [0.29, 0.717) is 10.3 Å². The van der Waals surface area contributed by atoms with Gasteiger partial charge in [-0.05, 0) is 77.6 Å². The van der Waals surface area contributed by atoms with Gasteiger partial charge >= 0.3 is 0 Å². The molecule has 0 aliphatic heterocycles. The van der Waals surface area contributed by atoms with Gasteiger partial charge in [0.25, 0.3) is 0 Å². The first-order chi connectivity index (χ1) is 12.0. The van der Waals surface area contributed by atoms with Gasteiger partial charge in [-0.1, -0.05) is 18.2 Å². The Kier molecular flexibility index (Phi) is 4.01. The van der Waals surface area contributed by atoms with Crippen LogP contribution in [0, 0.1) is 11.2 Å². The molecule has 0 radical (unpaired) electrons. The van der Waals surface area contributed by atoms with Crippen LogP contribution in [0.15, 0.2) is 47.4 Å². The van der Waals surface area contributed by atoms with E-state index >= 15 is 0 Å². The predicted molar refractivity (Wildman–Crippen MR) is 96.1 cm³/mol. The molecule has 1 fully saturated rings. The van der Waals surface area contributed by atoms with Crippen molar-refractivity contribution in [3.05, 3.63) is 59.4 Å². The predicted octanol–water partition coefficient (Wildman–Crippen LogP) is 4.90. The van der Waals surface area contributed by atoms with Gasteiger partial charge in [0.05, 0.1) is 12.0 Å². The first-order valence-corrected chi connectivity index (χ1v) is 9.39. The third-order valence-electron chi connectivity index (χ3n) is 5.33. The van der Waals surface area contributed by atoms with E-state index in [-0.39, 0.29) is 11.6 Å². The molecular formula is C20H19FO3S. The average Bonchev–Trinajstić information content (AvgIpc) is 3.25. The van der Waals surface area contributed by atoms with Crippen LogP contribution < -0.4 is 4.74 Å². The highest BCUT2D eigenvalue weighted by atomic mass is 32.2. The van der Waals surface area contributed by atoms with Crippen LogP contribution in [0.2, 0.25) is 0 Å². The van der Waals surface area contributed by atoms with Crippen LogP contribution in [0.1, 0.15) is 36.8 Å². The van der Waals surface area contributed by atoms with Crippen LogP contribution in [0.25, 0.3) is 11.1 Å². The third-order valence-corrected chi connectivity index (χ3v) is 6.01. The SMILES string of the molecule is COc1ccc(C2=C(c3ccc(S(=O)O)cc3)CC3(CC3)C2)cc1F. The Hall–Kier alpha value is -1.98. The summed E-state index contributed by atoms with van der Waals surface area (Å²) in [5.74, 6) is -0.102. The Morgan fingerprint density at radius 3 is 2.16 bits per heavy atom. The van der Waals surface area contributed by atoms with Gasteiger partial charge in [0.15, 0.2) is 22.6 Å². The smallest absolute Gasteiger partial charge is 0.186 e. The van der Waals surface area contributed by atoms with Crippen molar-refractivity contribution in [2.24, 2.45) is 5.41 Å². The molecule has 1 N–H and O–H groups in total. The number of halogens is 1. The van der Waals surface area contributed by atoms with Gasteiger partial charge in [0, 0.05) is 0 Å². The van der Waals surface area contributed by atoms with E-state index in [1.54, 1.807) is 24.3 Å². The molecule has 2 aliphatic carbocycles. The molecule has 0 aromatic heterocycles. The summed E-state index contributed by atoms with van der Waals surface area (Å²) >= 11 is -1.97. The third kappa shape index (κ3) is 3.02. The first-order valence-electron chi connectivity index (χ1n) is 8.29. The summed E-state index contributed by atoms with van der Waals surface area (Å²) in [6.07, 6.45) is 4.36. The molecule has 0 heterocycles. The van der Waals surface area contributed by atoms with Crippen molar-refractivity contribution in [2.75, 3.05) is 7.11 Å². The van der Waals surface area contributed by atoms with Crippen LogP contribution in [0.4, 0.5) is 4.39 Å². The van der Waals surface area contributed by atoms with Crippen molar-refractivity contribution < 1.29 is 17.9 Å². The number of hydrogen-bond donors (Lipinski definition) is 1. The zero-order valence-electron chi connectivity index (χ0n) is 13.9. The van der Waals surface area contributed by atoms with Gasteiger partial charge in [-0.15, -0.1) is 0 Å². The summed E-state index contributed by atoms with van der Waals surface area (Å²) in [5.41, 5.74) is 4.67. The Labute approximate surface area is 148 Å². The molecule has 1 unspecified atom stereocenters. The standard InChI is InChI=1S/C20H19FO3S/c1-24-19-7-4-14(10-18(19)21)17-12-20(8-9-20)11-16(17)13-2-5-15(6-3-13)25(22)23/h2-7,10H,8-9,11-12H2,1H3,(H,22,23). The lowest BCUT2D eigenvalue weighted by atomic mass is 9.97. The monoisotopic (exact) mass is 358 g/mol. The molecule has 0 amide bonds. The Morgan fingerprint density at radius 1 is 1.04 bits per heavy atom. The van der Waals surface area contributed by atoms with Crippen molar-refractivity contribution >= 4 is 22.2 Å².